The number of carbonyl (C=O) groups excluding carboxylic acids is 1. The van der Waals surface area contributed by atoms with Crippen LogP contribution >= 0.6 is 22.7 Å². The second-order valence-corrected chi connectivity index (χ2v) is 9.29. The van der Waals surface area contributed by atoms with Gasteiger partial charge < -0.3 is 0 Å². The molecule has 1 aromatic carbocycles. The maximum Gasteiger partial charge on any atom is 0.263 e. The quantitative estimate of drug-likeness (QED) is 0.455. The summed E-state index contributed by atoms with van der Waals surface area (Å²) in [5.74, 6) is -0.298. The number of hydrogen-bond acceptors (Lipinski definition) is 7. The van der Waals surface area contributed by atoms with Crippen LogP contribution in [0.1, 0.15) is 42.4 Å². The number of hydrogen-bond donors (Lipinski definition) is 1. The average Bonchev–Trinajstić information content (AvgIpc) is 3.37. The van der Waals surface area contributed by atoms with Crippen molar-refractivity contribution >= 4 is 43.9 Å². The molecule has 7 nitrogen and oxygen atoms in total. The Morgan fingerprint density at radius 2 is 2.00 bits per heavy atom. The number of nitrogens with one attached hydrogen (secondary N) is 1. The predicted molar refractivity (Wildman–Crippen MR) is 126 cm³/mol. The van der Waals surface area contributed by atoms with Gasteiger partial charge in [-0.2, -0.15) is 0 Å². The van der Waals surface area contributed by atoms with E-state index in [4.69, 9.17) is 0 Å². The van der Waals surface area contributed by atoms with E-state index in [0.717, 1.165) is 28.1 Å². The van der Waals surface area contributed by atoms with Crippen LogP contribution in [0.2, 0.25) is 0 Å². The molecule has 3 heterocycles. The number of carbonyl (C=O) groups is 1. The van der Waals surface area contributed by atoms with E-state index in [1.165, 1.54) is 39.1 Å². The van der Waals surface area contributed by atoms with Gasteiger partial charge in [0.1, 0.15) is 15.9 Å². The smallest absolute Gasteiger partial charge is 0.263 e. The van der Waals surface area contributed by atoms with Crippen molar-refractivity contribution in [1.29, 1.82) is 0 Å². The van der Waals surface area contributed by atoms with Crippen LogP contribution in [-0.2, 0) is 11.2 Å². The van der Waals surface area contributed by atoms with Gasteiger partial charge in [-0.1, -0.05) is 48.9 Å². The Morgan fingerprint density at radius 1 is 1.19 bits per heavy atom. The first-order chi connectivity index (χ1) is 14.9. The van der Waals surface area contributed by atoms with Crippen molar-refractivity contribution in [2.75, 3.05) is 5.32 Å². The zero-order valence-electron chi connectivity index (χ0n) is 17.8. The lowest BCUT2D eigenvalue weighted by molar-refractivity contribution is -0.119. The Morgan fingerprint density at radius 3 is 2.68 bits per heavy atom. The summed E-state index contributed by atoms with van der Waals surface area (Å²) in [6.07, 6.45) is 2.67. The molecular formula is C22H23N5O2S2. The van der Waals surface area contributed by atoms with E-state index < -0.39 is 6.04 Å². The van der Waals surface area contributed by atoms with Crippen molar-refractivity contribution in [3.05, 3.63) is 56.4 Å². The van der Waals surface area contributed by atoms with E-state index in [1.54, 1.807) is 0 Å². The molecule has 31 heavy (non-hydrogen) atoms. The molecule has 0 saturated heterocycles. The van der Waals surface area contributed by atoms with E-state index in [-0.39, 0.29) is 11.5 Å². The number of aromatic nitrogens is 4. The molecule has 0 saturated carbocycles. The molecule has 1 unspecified atom stereocenters. The number of thiophene rings is 1. The molecule has 0 aliphatic heterocycles. The van der Waals surface area contributed by atoms with Crippen LogP contribution in [0.4, 0.5) is 5.13 Å². The molecule has 3 aromatic heterocycles. The molecule has 0 aliphatic carbocycles. The molecule has 0 radical (unpaired) electrons. The third-order valence-corrected chi connectivity index (χ3v) is 7.09. The molecule has 0 spiro atoms. The number of benzene rings is 1. The Kier molecular flexibility index (Phi) is 5.97. The second kappa shape index (κ2) is 8.68. The Bertz CT molecular complexity index is 1320. The Balaban J connectivity index is 1.75. The highest BCUT2D eigenvalue weighted by Crippen LogP contribution is 2.33. The lowest BCUT2D eigenvalue weighted by Gasteiger charge is -2.17. The minimum absolute atomic E-state index is 0.213. The first-order valence-corrected chi connectivity index (χ1v) is 11.8. The zero-order chi connectivity index (χ0) is 22.1. The first kappa shape index (κ1) is 21.3. The SMILES string of the molecule is CCc1nnc(NC(=O)C(CC)n2cnc3scc(-c4ccc(C)cc4C)c3c2=O)s1. The first-order valence-electron chi connectivity index (χ1n) is 10.1. The Hall–Kier alpha value is -2.91. The van der Waals surface area contributed by atoms with E-state index >= 15 is 0 Å². The fourth-order valence-electron chi connectivity index (χ4n) is 3.63. The number of nitrogens with zero attached hydrogens (tertiary/aromatic N) is 4. The lowest BCUT2D eigenvalue weighted by atomic mass is 9.99. The monoisotopic (exact) mass is 453 g/mol. The predicted octanol–water partition coefficient (Wildman–Crippen LogP) is 4.75. The van der Waals surface area contributed by atoms with E-state index in [2.05, 4.69) is 26.6 Å². The Labute approximate surface area is 187 Å². The van der Waals surface area contributed by atoms with E-state index in [1.807, 2.05) is 45.2 Å². The minimum Gasteiger partial charge on any atom is -0.299 e. The normalized spacial score (nSPS) is 12.3. The fraction of sp³-hybridized carbons (Fsp3) is 0.318. The molecule has 0 fully saturated rings. The van der Waals surface area contributed by atoms with Gasteiger partial charge in [0.25, 0.3) is 5.56 Å². The fourth-order valence-corrected chi connectivity index (χ4v) is 5.21. The summed E-state index contributed by atoms with van der Waals surface area (Å²) >= 11 is 2.78. The van der Waals surface area contributed by atoms with Crippen LogP contribution in [-0.4, -0.2) is 25.7 Å². The molecule has 0 aliphatic rings. The molecule has 1 atom stereocenters. The summed E-state index contributed by atoms with van der Waals surface area (Å²) in [4.78, 5) is 31.6. The maximum atomic E-state index is 13.5. The number of aryl methyl sites for hydroxylation is 3. The standard InChI is InChI=1S/C22H23N5O2S2/c1-5-16(19(28)24-22-26-25-17(6-2)31-22)27-11-23-20-18(21(27)29)15(10-30-20)14-8-7-12(3)9-13(14)4/h7-11,16H,5-6H2,1-4H3,(H,24,26,28). The number of amides is 1. The second-order valence-electron chi connectivity index (χ2n) is 7.37. The number of anilines is 1. The highest BCUT2D eigenvalue weighted by atomic mass is 32.1. The van der Waals surface area contributed by atoms with E-state index in [0.29, 0.717) is 21.8 Å². The van der Waals surface area contributed by atoms with Crippen LogP contribution in [0.15, 0.2) is 34.7 Å². The van der Waals surface area contributed by atoms with E-state index in [9.17, 15) is 9.59 Å². The number of rotatable bonds is 6. The minimum atomic E-state index is -0.690. The summed E-state index contributed by atoms with van der Waals surface area (Å²) in [5.41, 5.74) is 3.92. The van der Waals surface area contributed by atoms with Gasteiger partial charge in [-0.3, -0.25) is 19.5 Å². The van der Waals surface area contributed by atoms with Crippen molar-refractivity contribution in [1.82, 2.24) is 19.7 Å². The summed E-state index contributed by atoms with van der Waals surface area (Å²) in [7, 11) is 0. The molecule has 1 amide bonds. The van der Waals surface area contributed by atoms with Gasteiger partial charge >= 0.3 is 0 Å². The summed E-state index contributed by atoms with van der Waals surface area (Å²) in [5, 5.41) is 14.6. The topological polar surface area (TPSA) is 89.8 Å². The third kappa shape index (κ3) is 4.03. The summed E-state index contributed by atoms with van der Waals surface area (Å²) in [6, 6.07) is 5.48. The van der Waals surface area contributed by atoms with Gasteiger partial charge in [-0.25, -0.2) is 4.98 Å². The molecule has 4 aromatic rings. The molecule has 4 rings (SSSR count). The highest BCUT2D eigenvalue weighted by Gasteiger charge is 2.24. The largest absolute Gasteiger partial charge is 0.299 e. The summed E-state index contributed by atoms with van der Waals surface area (Å²) < 4.78 is 1.43. The van der Waals surface area contributed by atoms with Gasteiger partial charge in [-0.15, -0.1) is 21.5 Å². The van der Waals surface area contributed by atoms with Gasteiger partial charge in [-0.05, 0) is 37.8 Å². The van der Waals surface area contributed by atoms with Gasteiger partial charge in [0.15, 0.2) is 0 Å². The average molecular weight is 454 g/mol. The van der Waals surface area contributed by atoms with Crippen LogP contribution in [0.3, 0.4) is 0 Å². The highest BCUT2D eigenvalue weighted by molar-refractivity contribution is 7.17. The van der Waals surface area contributed by atoms with Crippen LogP contribution < -0.4 is 10.9 Å². The molecule has 9 heteroatoms. The van der Waals surface area contributed by atoms with Crippen molar-refractivity contribution in [3.8, 4) is 11.1 Å². The molecular weight excluding hydrogens is 430 g/mol. The molecule has 160 valence electrons. The van der Waals surface area contributed by atoms with Crippen molar-refractivity contribution in [2.45, 2.75) is 46.6 Å². The van der Waals surface area contributed by atoms with Crippen LogP contribution in [0, 0.1) is 13.8 Å². The maximum absolute atomic E-state index is 13.5. The third-order valence-electron chi connectivity index (χ3n) is 5.22. The number of fused-ring (bicyclic) bond motifs is 1. The van der Waals surface area contributed by atoms with Crippen LogP contribution in [0.25, 0.3) is 21.3 Å². The van der Waals surface area contributed by atoms with Gasteiger partial charge in [0.05, 0.1) is 11.7 Å². The van der Waals surface area contributed by atoms with Gasteiger partial charge in [0, 0.05) is 10.9 Å². The summed E-state index contributed by atoms with van der Waals surface area (Å²) in [6.45, 7) is 7.94. The van der Waals surface area contributed by atoms with Crippen LogP contribution in [0.5, 0.6) is 0 Å². The molecule has 1 N–H and O–H groups in total. The van der Waals surface area contributed by atoms with Gasteiger partial charge in [0.2, 0.25) is 11.0 Å². The van der Waals surface area contributed by atoms with Crippen molar-refractivity contribution < 1.29 is 4.79 Å². The van der Waals surface area contributed by atoms with Crippen molar-refractivity contribution in [3.63, 3.8) is 0 Å². The van der Waals surface area contributed by atoms with Crippen molar-refractivity contribution in [2.24, 2.45) is 0 Å². The molecule has 0 bridgehead atoms. The lowest BCUT2D eigenvalue weighted by Crippen LogP contribution is -2.33. The zero-order valence-corrected chi connectivity index (χ0v) is 19.4.